The first kappa shape index (κ1) is 18.5. The van der Waals surface area contributed by atoms with Gasteiger partial charge in [0.05, 0.1) is 17.7 Å². The molecule has 0 atom stereocenters. The number of carbonyl (C=O) groups excluding carboxylic acids is 1. The predicted molar refractivity (Wildman–Crippen MR) is 95.6 cm³/mol. The Kier molecular flexibility index (Phi) is 5.37. The largest absolute Gasteiger partial charge is 0.333 e. The third kappa shape index (κ3) is 3.49. The van der Waals surface area contributed by atoms with Crippen LogP contribution in [0.1, 0.15) is 58.8 Å². The van der Waals surface area contributed by atoms with Crippen LogP contribution >= 0.6 is 11.3 Å². The number of carbonyl (C=O) groups is 1. The first-order chi connectivity index (χ1) is 12.4. The summed E-state index contributed by atoms with van der Waals surface area (Å²) in [6.45, 7) is 0.412. The van der Waals surface area contributed by atoms with Crippen molar-refractivity contribution in [3.05, 3.63) is 33.0 Å². The molecule has 0 saturated carbocycles. The third-order valence-corrected chi connectivity index (χ3v) is 5.99. The summed E-state index contributed by atoms with van der Waals surface area (Å²) in [5, 5.41) is 16.7. The van der Waals surface area contributed by atoms with Gasteiger partial charge in [0.1, 0.15) is 11.1 Å². The van der Waals surface area contributed by atoms with Crippen LogP contribution in [-0.4, -0.2) is 15.7 Å². The van der Waals surface area contributed by atoms with Crippen molar-refractivity contribution in [3.63, 3.8) is 0 Å². The summed E-state index contributed by atoms with van der Waals surface area (Å²) in [6.07, 6.45) is 5.06. The fourth-order valence-electron chi connectivity index (χ4n) is 3.42. The van der Waals surface area contributed by atoms with Gasteiger partial charge in [-0.3, -0.25) is 4.79 Å². The zero-order valence-electron chi connectivity index (χ0n) is 14.7. The molecule has 1 amide bonds. The summed E-state index contributed by atoms with van der Waals surface area (Å²) in [6, 6.07) is 2.22. The second-order valence-electron chi connectivity index (χ2n) is 6.48. The number of nitriles is 1. The van der Waals surface area contributed by atoms with Crippen LogP contribution in [0.25, 0.3) is 0 Å². The van der Waals surface area contributed by atoms with E-state index in [-0.39, 0.29) is 18.0 Å². The number of fused-ring (bicyclic) bond motifs is 1. The van der Waals surface area contributed by atoms with Gasteiger partial charge in [-0.15, -0.1) is 11.3 Å². The fourth-order valence-corrected chi connectivity index (χ4v) is 4.68. The van der Waals surface area contributed by atoms with E-state index in [4.69, 9.17) is 0 Å². The molecule has 0 aliphatic heterocycles. The lowest BCUT2D eigenvalue weighted by molar-refractivity contribution is -0.115. The number of halogens is 2. The molecule has 0 radical (unpaired) electrons. The van der Waals surface area contributed by atoms with Crippen molar-refractivity contribution in [2.75, 3.05) is 5.32 Å². The number of rotatable bonds is 4. The van der Waals surface area contributed by atoms with Gasteiger partial charge in [0, 0.05) is 16.1 Å². The smallest absolute Gasteiger partial charge is 0.316 e. The molecule has 0 saturated heterocycles. The molecule has 1 aliphatic carbocycles. The number of thiophene rings is 1. The lowest BCUT2D eigenvalue weighted by Gasteiger charge is -2.06. The van der Waals surface area contributed by atoms with E-state index >= 15 is 0 Å². The van der Waals surface area contributed by atoms with Crippen LogP contribution in [0.15, 0.2) is 0 Å². The molecular weight excluding hydrogens is 358 g/mol. The van der Waals surface area contributed by atoms with Gasteiger partial charge in [0.15, 0.2) is 0 Å². The van der Waals surface area contributed by atoms with Crippen molar-refractivity contribution in [2.45, 2.75) is 58.9 Å². The molecule has 0 spiro atoms. The highest BCUT2D eigenvalue weighted by Gasteiger charge is 2.23. The minimum absolute atomic E-state index is 0.0438. The lowest BCUT2D eigenvalue weighted by Crippen LogP contribution is -2.15. The Labute approximate surface area is 154 Å². The van der Waals surface area contributed by atoms with Crippen LogP contribution in [0.3, 0.4) is 0 Å². The first-order valence-electron chi connectivity index (χ1n) is 8.59. The number of nitrogens with one attached hydrogen (secondary N) is 1. The van der Waals surface area contributed by atoms with Gasteiger partial charge in [0.2, 0.25) is 5.91 Å². The number of hydrogen-bond acceptors (Lipinski definition) is 4. The molecule has 1 N–H and O–H groups in total. The Morgan fingerprint density at radius 2 is 2.08 bits per heavy atom. The predicted octanol–water partition coefficient (Wildman–Crippen LogP) is 4.28. The lowest BCUT2D eigenvalue weighted by atomic mass is 10.1. The van der Waals surface area contributed by atoms with Crippen molar-refractivity contribution in [1.29, 1.82) is 5.26 Å². The van der Waals surface area contributed by atoms with Gasteiger partial charge in [-0.2, -0.15) is 19.1 Å². The Morgan fingerprint density at radius 1 is 1.35 bits per heavy atom. The van der Waals surface area contributed by atoms with E-state index in [1.165, 1.54) is 23.1 Å². The van der Waals surface area contributed by atoms with Crippen LogP contribution in [0.4, 0.5) is 13.8 Å². The van der Waals surface area contributed by atoms with Crippen LogP contribution in [0.2, 0.25) is 0 Å². The number of aryl methyl sites for hydroxylation is 2. The van der Waals surface area contributed by atoms with Crippen LogP contribution in [0, 0.1) is 25.2 Å². The molecule has 5 nitrogen and oxygen atoms in total. The normalized spacial score (nSPS) is 14.0. The van der Waals surface area contributed by atoms with Crippen molar-refractivity contribution < 1.29 is 13.6 Å². The second-order valence-corrected chi connectivity index (χ2v) is 7.58. The summed E-state index contributed by atoms with van der Waals surface area (Å²) in [7, 11) is 0. The molecule has 2 aromatic rings. The highest BCUT2D eigenvalue weighted by atomic mass is 32.1. The molecule has 3 rings (SSSR count). The van der Waals surface area contributed by atoms with E-state index in [1.807, 2.05) is 0 Å². The molecule has 1 aliphatic rings. The number of alkyl halides is 2. The number of anilines is 1. The molecule has 26 heavy (non-hydrogen) atoms. The molecule has 0 unspecified atom stereocenters. The maximum Gasteiger partial charge on any atom is 0.333 e. The van der Waals surface area contributed by atoms with Gasteiger partial charge in [-0.1, -0.05) is 6.42 Å². The van der Waals surface area contributed by atoms with Crippen LogP contribution in [0.5, 0.6) is 0 Å². The van der Waals surface area contributed by atoms with Crippen molar-refractivity contribution in [3.8, 4) is 6.07 Å². The van der Waals surface area contributed by atoms with Crippen LogP contribution < -0.4 is 5.32 Å². The zero-order valence-corrected chi connectivity index (χ0v) is 15.6. The first-order valence-corrected chi connectivity index (χ1v) is 9.41. The van der Waals surface area contributed by atoms with Gasteiger partial charge >= 0.3 is 6.55 Å². The Morgan fingerprint density at radius 3 is 2.73 bits per heavy atom. The van der Waals surface area contributed by atoms with Gasteiger partial charge < -0.3 is 5.32 Å². The van der Waals surface area contributed by atoms with E-state index in [0.29, 0.717) is 26.5 Å². The molecule has 0 bridgehead atoms. The standard InChI is InChI=1S/C18H20F2N4OS/c1-10-13(11(2)24(23-10)18(19)20)8-16(25)22-17-14(9-21)12-6-4-3-5-7-15(12)26-17/h18H,3-8H2,1-2H3,(H,22,25). The van der Waals surface area contributed by atoms with E-state index in [2.05, 4.69) is 16.5 Å². The summed E-state index contributed by atoms with van der Waals surface area (Å²) in [5.41, 5.74) is 2.81. The van der Waals surface area contributed by atoms with Crippen molar-refractivity contribution in [2.24, 2.45) is 0 Å². The highest BCUT2D eigenvalue weighted by Crippen LogP contribution is 2.37. The Balaban J connectivity index is 1.81. The summed E-state index contributed by atoms with van der Waals surface area (Å²) in [4.78, 5) is 13.6. The molecule has 0 aromatic carbocycles. The second kappa shape index (κ2) is 7.54. The van der Waals surface area contributed by atoms with E-state index in [9.17, 15) is 18.8 Å². The summed E-state index contributed by atoms with van der Waals surface area (Å²) in [5.74, 6) is -0.321. The van der Waals surface area contributed by atoms with Crippen LogP contribution in [-0.2, 0) is 24.1 Å². The molecular formula is C18H20F2N4OS. The maximum atomic E-state index is 12.9. The van der Waals surface area contributed by atoms with E-state index in [1.54, 1.807) is 6.92 Å². The van der Waals surface area contributed by atoms with Gasteiger partial charge in [-0.05, 0) is 45.1 Å². The Hall–Kier alpha value is -2.27. The highest BCUT2D eigenvalue weighted by molar-refractivity contribution is 7.16. The summed E-state index contributed by atoms with van der Waals surface area (Å²) >= 11 is 1.46. The molecule has 138 valence electrons. The minimum Gasteiger partial charge on any atom is -0.316 e. The topological polar surface area (TPSA) is 70.7 Å². The quantitative estimate of drug-likeness (QED) is 0.808. The number of hydrogen-bond donors (Lipinski definition) is 1. The molecule has 8 heteroatoms. The van der Waals surface area contributed by atoms with Gasteiger partial charge in [-0.25, -0.2) is 4.68 Å². The Bertz CT molecular complexity index is 879. The molecule has 2 aromatic heterocycles. The average molecular weight is 378 g/mol. The SMILES string of the molecule is Cc1nn(C(F)F)c(C)c1CC(=O)Nc1sc2c(c1C#N)CCCCC2. The zero-order chi connectivity index (χ0) is 18.8. The molecule has 0 fully saturated rings. The number of amides is 1. The number of aromatic nitrogens is 2. The maximum absolute atomic E-state index is 12.9. The fraction of sp³-hybridized carbons (Fsp3) is 0.500. The monoisotopic (exact) mass is 378 g/mol. The number of nitrogens with zero attached hydrogens (tertiary/aromatic N) is 3. The van der Waals surface area contributed by atoms with Crippen molar-refractivity contribution >= 4 is 22.2 Å². The van der Waals surface area contributed by atoms with Crippen molar-refractivity contribution in [1.82, 2.24) is 9.78 Å². The average Bonchev–Trinajstić information content (AvgIpc) is 2.94. The summed E-state index contributed by atoms with van der Waals surface area (Å²) < 4.78 is 26.5. The van der Waals surface area contributed by atoms with Gasteiger partial charge in [0.25, 0.3) is 0 Å². The minimum atomic E-state index is -2.73. The van der Waals surface area contributed by atoms with E-state index in [0.717, 1.165) is 37.7 Å². The third-order valence-electron chi connectivity index (χ3n) is 4.78. The van der Waals surface area contributed by atoms with E-state index < -0.39 is 6.55 Å². The molecule has 2 heterocycles.